The van der Waals surface area contributed by atoms with Gasteiger partial charge in [-0.05, 0) is 74.0 Å². The Bertz CT molecular complexity index is 1900. The van der Waals surface area contributed by atoms with Crippen molar-refractivity contribution in [2.24, 2.45) is 0 Å². The molecule has 3 aromatic carbocycles. The van der Waals surface area contributed by atoms with Gasteiger partial charge in [-0.3, -0.25) is 9.69 Å². The van der Waals surface area contributed by atoms with Crippen LogP contribution < -0.4 is 4.90 Å². The van der Waals surface area contributed by atoms with Crippen molar-refractivity contribution in [3.05, 3.63) is 135 Å². The highest BCUT2D eigenvalue weighted by Crippen LogP contribution is 2.36. The summed E-state index contributed by atoms with van der Waals surface area (Å²) in [6.07, 6.45) is 1.36. The number of benzene rings is 3. The van der Waals surface area contributed by atoms with E-state index in [1.165, 1.54) is 42.6 Å². The molecule has 0 spiro atoms. The second-order valence-corrected chi connectivity index (χ2v) is 12.5. The number of methoxy groups -OCH3 is 1. The van der Waals surface area contributed by atoms with Gasteiger partial charge in [0.25, 0.3) is 5.91 Å². The maximum Gasteiger partial charge on any atom is 0.340 e. The van der Waals surface area contributed by atoms with E-state index in [9.17, 15) is 22.4 Å². The summed E-state index contributed by atoms with van der Waals surface area (Å²) in [6, 6.07) is 22.3. The molecule has 5 rings (SSSR count). The molecule has 8 nitrogen and oxygen atoms in total. The van der Waals surface area contributed by atoms with Gasteiger partial charge in [0.1, 0.15) is 17.3 Å². The van der Waals surface area contributed by atoms with Crippen LogP contribution in [-0.4, -0.2) is 31.7 Å². The fraction of sp³-hybridized carbons (Fsp3) is 0.152. The number of allylic oxidation sites excluding steroid dienone is 1. The van der Waals surface area contributed by atoms with Crippen molar-refractivity contribution in [3.8, 4) is 0 Å². The normalized spacial score (nSPS) is 14.6. The van der Waals surface area contributed by atoms with E-state index in [4.69, 9.17) is 20.8 Å². The number of hydrogen-bond acceptors (Lipinski definition) is 6. The predicted octanol–water partition coefficient (Wildman–Crippen LogP) is 6.65. The van der Waals surface area contributed by atoms with Gasteiger partial charge < -0.3 is 9.15 Å². The summed E-state index contributed by atoms with van der Waals surface area (Å²) in [4.78, 5) is 27.5. The van der Waals surface area contributed by atoms with E-state index in [-0.39, 0.29) is 46.3 Å². The molecule has 0 saturated carbocycles. The summed E-state index contributed by atoms with van der Waals surface area (Å²) in [7, 11) is -2.77. The van der Waals surface area contributed by atoms with Gasteiger partial charge >= 0.3 is 5.97 Å². The van der Waals surface area contributed by atoms with Crippen LogP contribution in [0.3, 0.4) is 0 Å². The third-order valence-corrected chi connectivity index (χ3v) is 9.17. The Morgan fingerprint density at radius 1 is 0.977 bits per heavy atom. The highest BCUT2D eigenvalue weighted by Gasteiger charge is 2.39. The molecule has 0 bridgehead atoms. The number of esters is 1. The van der Waals surface area contributed by atoms with Crippen molar-refractivity contribution in [2.45, 2.75) is 31.8 Å². The molecule has 0 saturated heterocycles. The number of anilines is 1. The van der Waals surface area contributed by atoms with Crippen LogP contribution in [0.25, 0.3) is 6.08 Å². The van der Waals surface area contributed by atoms with Gasteiger partial charge in [-0.15, -0.1) is 0 Å². The lowest BCUT2D eigenvalue weighted by Crippen LogP contribution is -2.30. The maximum absolute atomic E-state index is 14.7. The highest BCUT2D eigenvalue weighted by molar-refractivity contribution is 7.89. The van der Waals surface area contributed by atoms with Gasteiger partial charge in [-0.25, -0.2) is 17.6 Å². The fourth-order valence-electron chi connectivity index (χ4n) is 4.85. The first kappa shape index (κ1) is 30.9. The van der Waals surface area contributed by atoms with Gasteiger partial charge in [-0.1, -0.05) is 53.6 Å². The SMILES string of the molecule is COC(=O)C1=C(C)N(c2ccccc2F)C(=O)/C1=C/c1ccc(CN(Cc2ccc(Cl)cc2)S(=O)(=O)c2ccc(C)cc2)o1. The first-order valence-electron chi connectivity index (χ1n) is 13.5. The Balaban J connectivity index is 1.49. The van der Waals surface area contributed by atoms with Crippen molar-refractivity contribution in [3.63, 3.8) is 0 Å². The number of carbonyl (C=O) groups excluding carboxylic acids is 2. The van der Waals surface area contributed by atoms with E-state index in [0.717, 1.165) is 10.5 Å². The van der Waals surface area contributed by atoms with Crippen LogP contribution in [0.2, 0.25) is 5.02 Å². The van der Waals surface area contributed by atoms with Crippen molar-refractivity contribution in [1.29, 1.82) is 0 Å². The number of nitrogens with zero attached hydrogens (tertiary/aromatic N) is 2. The molecule has 0 fully saturated rings. The molecule has 0 N–H and O–H groups in total. The largest absolute Gasteiger partial charge is 0.465 e. The summed E-state index contributed by atoms with van der Waals surface area (Å²) in [5, 5.41) is 0.524. The quantitative estimate of drug-likeness (QED) is 0.151. The molecule has 4 aromatic rings. The van der Waals surface area contributed by atoms with Gasteiger partial charge in [0.2, 0.25) is 10.0 Å². The van der Waals surface area contributed by atoms with E-state index < -0.39 is 27.7 Å². The van der Waals surface area contributed by atoms with Crippen molar-refractivity contribution in [2.75, 3.05) is 12.0 Å². The Morgan fingerprint density at radius 2 is 1.66 bits per heavy atom. The van der Waals surface area contributed by atoms with Crippen LogP contribution in [0.1, 0.15) is 29.6 Å². The van der Waals surface area contributed by atoms with E-state index >= 15 is 0 Å². The summed E-state index contributed by atoms with van der Waals surface area (Å²) in [6.45, 7) is 3.30. The highest BCUT2D eigenvalue weighted by atomic mass is 35.5. The maximum atomic E-state index is 14.7. The average molecular weight is 635 g/mol. The number of ether oxygens (including phenoxy) is 1. The molecule has 0 atom stereocenters. The number of carbonyl (C=O) groups is 2. The minimum Gasteiger partial charge on any atom is -0.465 e. The minimum atomic E-state index is -3.96. The standard InChI is InChI=1S/C33H28ClFN2O6S/c1-21-8-16-27(17-9-21)44(40,41)36(19-23-10-12-24(34)13-11-23)20-26-15-14-25(43-26)18-28-31(33(39)42-3)22(2)37(32(28)38)30-7-5-4-6-29(30)35/h4-18H,19-20H2,1-3H3/b28-18+. The third kappa shape index (κ3) is 6.23. The van der Waals surface area contributed by atoms with Crippen LogP contribution in [0.15, 0.2) is 111 Å². The predicted molar refractivity (Wildman–Crippen MR) is 164 cm³/mol. The summed E-state index contributed by atoms with van der Waals surface area (Å²) in [5.74, 6) is -1.57. The zero-order chi connectivity index (χ0) is 31.6. The number of furan rings is 1. The number of halogens is 2. The first-order valence-corrected chi connectivity index (χ1v) is 15.3. The molecule has 11 heteroatoms. The summed E-state index contributed by atoms with van der Waals surface area (Å²) >= 11 is 6.03. The van der Waals surface area contributed by atoms with Gasteiger partial charge in [0.15, 0.2) is 0 Å². The zero-order valence-electron chi connectivity index (χ0n) is 24.1. The number of para-hydroxylation sites is 1. The Kier molecular flexibility index (Phi) is 8.87. The summed E-state index contributed by atoms with van der Waals surface area (Å²) < 4.78 is 54.3. The second kappa shape index (κ2) is 12.6. The van der Waals surface area contributed by atoms with Gasteiger partial charge in [0, 0.05) is 17.3 Å². The topological polar surface area (TPSA) is 97.1 Å². The van der Waals surface area contributed by atoms with Crippen LogP contribution in [0, 0.1) is 12.7 Å². The lowest BCUT2D eigenvalue weighted by molar-refractivity contribution is -0.136. The molecule has 1 aliphatic rings. The monoisotopic (exact) mass is 634 g/mol. The molecule has 0 unspecified atom stereocenters. The van der Waals surface area contributed by atoms with Crippen molar-refractivity contribution >= 4 is 45.3 Å². The third-order valence-electron chi connectivity index (χ3n) is 7.12. The van der Waals surface area contributed by atoms with Gasteiger partial charge in [-0.2, -0.15) is 4.31 Å². The van der Waals surface area contributed by atoms with Gasteiger partial charge in [0.05, 0.1) is 35.4 Å². The number of aryl methyl sites for hydroxylation is 1. The molecule has 2 heterocycles. The molecule has 1 amide bonds. The smallest absolute Gasteiger partial charge is 0.340 e. The lowest BCUT2D eigenvalue weighted by atomic mass is 10.1. The Morgan fingerprint density at radius 3 is 2.32 bits per heavy atom. The number of rotatable bonds is 9. The average Bonchev–Trinajstić information content (AvgIpc) is 3.54. The second-order valence-electron chi connectivity index (χ2n) is 10.1. The molecule has 226 valence electrons. The fourth-order valence-corrected chi connectivity index (χ4v) is 6.38. The zero-order valence-corrected chi connectivity index (χ0v) is 25.7. The Labute approximate surface area is 259 Å². The molecule has 1 aliphatic heterocycles. The summed E-state index contributed by atoms with van der Waals surface area (Å²) in [5.41, 5.74) is 1.73. The van der Waals surface area contributed by atoms with Crippen LogP contribution >= 0.6 is 11.6 Å². The number of sulfonamides is 1. The number of amides is 1. The van der Waals surface area contributed by atoms with E-state index in [1.54, 1.807) is 66.7 Å². The van der Waals surface area contributed by atoms with Crippen molar-refractivity contribution in [1.82, 2.24) is 4.31 Å². The van der Waals surface area contributed by atoms with E-state index in [1.807, 2.05) is 6.92 Å². The minimum absolute atomic E-state index is 0.0147. The van der Waals surface area contributed by atoms with Crippen LogP contribution in [-0.2, 0) is 37.4 Å². The van der Waals surface area contributed by atoms with E-state index in [2.05, 4.69) is 0 Å². The molecule has 1 aromatic heterocycles. The first-order chi connectivity index (χ1) is 21.0. The van der Waals surface area contributed by atoms with Crippen LogP contribution in [0.5, 0.6) is 0 Å². The van der Waals surface area contributed by atoms with Crippen LogP contribution in [0.4, 0.5) is 10.1 Å². The molecular weight excluding hydrogens is 607 g/mol. The van der Waals surface area contributed by atoms with Crippen molar-refractivity contribution < 1.29 is 31.6 Å². The molecule has 44 heavy (non-hydrogen) atoms. The Hall–Kier alpha value is -4.51. The number of hydrogen-bond donors (Lipinski definition) is 0. The van der Waals surface area contributed by atoms with E-state index in [0.29, 0.717) is 16.3 Å². The lowest BCUT2D eigenvalue weighted by Gasteiger charge is -2.21. The molecule has 0 radical (unpaired) electrons. The molecular formula is C33H28ClFN2O6S. The molecule has 0 aliphatic carbocycles.